The van der Waals surface area contributed by atoms with Crippen molar-refractivity contribution in [2.24, 2.45) is 0 Å². The van der Waals surface area contributed by atoms with E-state index in [0.717, 1.165) is 32.0 Å². The van der Waals surface area contributed by atoms with Gasteiger partial charge in [0.1, 0.15) is 4.21 Å². The molecule has 0 radical (unpaired) electrons. The average molecular weight is 293 g/mol. The van der Waals surface area contributed by atoms with Gasteiger partial charge in [0.2, 0.25) is 0 Å². The SMILES string of the molecule is C[S@@](=O)c1sc(Br)c2c1C(=O)CCC2. The van der Waals surface area contributed by atoms with Crippen molar-refractivity contribution < 1.29 is 9.00 Å². The summed E-state index contributed by atoms with van der Waals surface area (Å²) < 4.78 is 13.1. The van der Waals surface area contributed by atoms with Crippen molar-refractivity contribution in [2.45, 2.75) is 23.5 Å². The maximum absolute atomic E-state index is 11.7. The Morgan fingerprint density at radius 2 is 2.14 bits per heavy atom. The van der Waals surface area contributed by atoms with Gasteiger partial charge in [-0.1, -0.05) is 0 Å². The van der Waals surface area contributed by atoms with Crippen LogP contribution in [0.1, 0.15) is 28.8 Å². The first-order chi connectivity index (χ1) is 6.61. The van der Waals surface area contributed by atoms with Crippen LogP contribution in [-0.2, 0) is 17.2 Å². The second-order valence-electron chi connectivity index (χ2n) is 3.25. The molecule has 1 aliphatic carbocycles. The lowest BCUT2D eigenvalue weighted by molar-refractivity contribution is 0.0970. The first kappa shape index (κ1) is 10.5. The molecule has 5 heteroatoms. The van der Waals surface area contributed by atoms with E-state index >= 15 is 0 Å². The molecule has 1 atom stereocenters. The Kier molecular flexibility index (Phi) is 2.91. The van der Waals surface area contributed by atoms with Gasteiger partial charge in [0.15, 0.2) is 5.78 Å². The fourth-order valence-electron chi connectivity index (χ4n) is 1.67. The summed E-state index contributed by atoms with van der Waals surface area (Å²) >= 11 is 4.87. The minimum Gasteiger partial charge on any atom is -0.294 e. The number of halogens is 1. The van der Waals surface area contributed by atoms with Gasteiger partial charge in [0, 0.05) is 18.2 Å². The van der Waals surface area contributed by atoms with Gasteiger partial charge in [-0.2, -0.15) is 0 Å². The molecule has 1 aromatic heterocycles. The quantitative estimate of drug-likeness (QED) is 0.798. The Morgan fingerprint density at radius 3 is 2.79 bits per heavy atom. The second kappa shape index (κ2) is 3.87. The first-order valence-corrected chi connectivity index (χ1v) is 7.46. The topological polar surface area (TPSA) is 34.1 Å². The summed E-state index contributed by atoms with van der Waals surface area (Å²) in [5, 5.41) is 0. The summed E-state index contributed by atoms with van der Waals surface area (Å²) in [6.07, 6.45) is 4.06. The van der Waals surface area contributed by atoms with E-state index in [0.29, 0.717) is 6.42 Å². The number of carbonyl (C=O) groups excluding carboxylic acids is 1. The van der Waals surface area contributed by atoms with Crippen LogP contribution in [0.25, 0.3) is 0 Å². The van der Waals surface area contributed by atoms with Crippen LogP contribution in [0.15, 0.2) is 8.00 Å². The van der Waals surface area contributed by atoms with Crippen molar-refractivity contribution in [3.05, 3.63) is 14.9 Å². The molecule has 76 valence electrons. The molecule has 0 spiro atoms. The third kappa shape index (κ3) is 1.61. The second-order valence-corrected chi connectivity index (χ2v) is 7.16. The van der Waals surface area contributed by atoms with E-state index in [4.69, 9.17) is 0 Å². The van der Waals surface area contributed by atoms with Crippen molar-refractivity contribution in [2.75, 3.05) is 6.26 Å². The molecule has 0 fully saturated rings. The molecular formula is C9H9BrO2S2. The Hall–Kier alpha value is -0.0000000000000000555. The third-order valence-corrected chi connectivity index (χ3v) is 5.76. The van der Waals surface area contributed by atoms with Crippen LogP contribution in [-0.4, -0.2) is 16.2 Å². The van der Waals surface area contributed by atoms with Crippen molar-refractivity contribution in [1.82, 2.24) is 0 Å². The van der Waals surface area contributed by atoms with Crippen molar-refractivity contribution in [1.29, 1.82) is 0 Å². The van der Waals surface area contributed by atoms with Crippen LogP contribution >= 0.6 is 27.3 Å². The van der Waals surface area contributed by atoms with Crippen LogP contribution in [0.3, 0.4) is 0 Å². The number of Topliss-reactive ketones (excluding diaryl/α,β-unsaturated/α-hetero) is 1. The number of ketones is 1. The number of rotatable bonds is 1. The molecule has 1 heterocycles. The van der Waals surface area contributed by atoms with Crippen LogP contribution in [0.4, 0.5) is 0 Å². The van der Waals surface area contributed by atoms with Crippen LogP contribution < -0.4 is 0 Å². The lowest BCUT2D eigenvalue weighted by Crippen LogP contribution is -2.10. The summed E-state index contributed by atoms with van der Waals surface area (Å²) in [6, 6.07) is 0. The summed E-state index contributed by atoms with van der Waals surface area (Å²) in [5.74, 6) is 0.151. The maximum Gasteiger partial charge on any atom is 0.165 e. The van der Waals surface area contributed by atoms with E-state index in [1.807, 2.05) is 0 Å². The van der Waals surface area contributed by atoms with E-state index in [1.165, 1.54) is 11.3 Å². The normalized spacial score (nSPS) is 18.0. The molecule has 0 amide bonds. The molecule has 2 nitrogen and oxygen atoms in total. The van der Waals surface area contributed by atoms with Gasteiger partial charge in [-0.05, 0) is 34.3 Å². The van der Waals surface area contributed by atoms with Gasteiger partial charge in [0.25, 0.3) is 0 Å². The van der Waals surface area contributed by atoms with E-state index in [-0.39, 0.29) is 5.78 Å². The molecule has 2 rings (SSSR count). The van der Waals surface area contributed by atoms with Crippen molar-refractivity contribution >= 4 is 43.8 Å². The molecule has 0 aromatic carbocycles. The minimum atomic E-state index is -1.05. The molecule has 0 saturated carbocycles. The highest BCUT2D eigenvalue weighted by atomic mass is 79.9. The lowest BCUT2D eigenvalue weighted by Gasteiger charge is -2.11. The summed E-state index contributed by atoms with van der Waals surface area (Å²) in [7, 11) is -1.05. The first-order valence-electron chi connectivity index (χ1n) is 4.29. The number of fused-ring (bicyclic) bond motifs is 1. The number of carbonyl (C=O) groups is 1. The summed E-state index contributed by atoms with van der Waals surface area (Å²) in [4.78, 5) is 11.7. The molecule has 1 aromatic rings. The smallest absolute Gasteiger partial charge is 0.165 e. The summed E-state index contributed by atoms with van der Waals surface area (Å²) in [5.41, 5.74) is 1.80. The third-order valence-electron chi connectivity index (χ3n) is 2.30. The monoisotopic (exact) mass is 292 g/mol. The summed E-state index contributed by atoms with van der Waals surface area (Å²) in [6.45, 7) is 0. The molecule has 0 unspecified atom stereocenters. The van der Waals surface area contributed by atoms with E-state index in [9.17, 15) is 9.00 Å². The molecule has 1 aliphatic rings. The average Bonchev–Trinajstić information content (AvgIpc) is 2.46. The van der Waals surface area contributed by atoms with E-state index in [2.05, 4.69) is 15.9 Å². The predicted molar refractivity (Wildman–Crippen MR) is 61.6 cm³/mol. The Bertz CT molecular complexity index is 423. The number of hydrogen-bond donors (Lipinski definition) is 0. The standard InChI is InChI=1S/C9H9BrO2S2/c1-14(12)9-7-5(8(10)13-9)3-2-4-6(7)11/h2-4H2,1H3/t14-/m1/s1. The van der Waals surface area contributed by atoms with Gasteiger partial charge < -0.3 is 0 Å². The Labute approximate surface area is 97.3 Å². The molecule has 0 bridgehead atoms. The molecule has 0 saturated heterocycles. The van der Waals surface area contributed by atoms with Gasteiger partial charge in [-0.15, -0.1) is 11.3 Å². The predicted octanol–water partition coefficient (Wildman–Crippen LogP) is 2.77. The van der Waals surface area contributed by atoms with Gasteiger partial charge in [-0.3, -0.25) is 9.00 Å². The van der Waals surface area contributed by atoms with Crippen molar-refractivity contribution in [3.63, 3.8) is 0 Å². The van der Waals surface area contributed by atoms with Gasteiger partial charge in [0.05, 0.1) is 14.6 Å². The van der Waals surface area contributed by atoms with Crippen molar-refractivity contribution in [3.8, 4) is 0 Å². The van der Waals surface area contributed by atoms with E-state index in [1.54, 1.807) is 6.26 Å². The van der Waals surface area contributed by atoms with Crippen LogP contribution in [0.2, 0.25) is 0 Å². The molecule has 0 N–H and O–H groups in total. The van der Waals surface area contributed by atoms with Gasteiger partial charge >= 0.3 is 0 Å². The van der Waals surface area contributed by atoms with Crippen LogP contribution in [0, 0.1) is 0 Å². The Morgan fingerprint density at radius 1 is 1.43 bits per heavy atom. The lowest BCUT2D eigenvalue weighted by atomic mass is 9.95. The zero-order valence-corrected chi connectivity index (χ0v) is 10.9. The number of thiophene rings is 1. The molecular weight excluding hydrogens is 284 g/mol. The Balaban J connectivity index is 2.65. The highest BCUT2D eigenvalue weighted by Crippen LogP contribution is 2.39. The zero-order chi connectivity index (χ0) is 10.3. The molecule has 14 heavy (non-hydrogen) atoms. The van der Waals surface area contributed by atoms with Crippen LogP contribution in [0.5, 0.6) is 0 Å². The fraction of sp³-hybridized carbons (Fsp3) is 0.444. The van der Waals surface area contributed by atoms with Gasteiger partial charge in [-0.25, -0.2) is 0 Å². The largest absolute Gasteiger partial charge is 0.294 e. The molecule has 0 aliphatic heterocycles. The minimum absolute atomic E-state index is 0.151. The zero-order valence-electron chi connectivity index (χ0n) is 7.63. The van der Waals surface area contributed by atoms with E-state index < -0.39 is 10.8 Å². The highest BCUT2D eigenvalue weighted by molar-refractivity contribution is 9.11. The maximum atomic E-state index is 11.7. The highest BCUT2D eigenvalue weighted by Gasteiger charge is 2.27. The fourth-order valence-corrected chi connectivity index (χ4v) is 4.95. The number of hydrogen-bond acceptors (Lipinski definition) is 3.